The average molecular weight is 175 g/mol. The Bertz CT molecular complexity index is 96.2. The van der Waals surface area contributed by atoms with Gasteiger partial charge in [0.25, 0.3) is 0 Å². The summed E-state index contributed by atoms with van der Waals surface area (Å²) in [5.41, 5.74) is 5.85. The van der Waals surface area contributed by atoms with Crippen LogP contribution in [0.15, 0.2) is 0 Å². The predicted octanol–water partition coefficient (Wildman–Crippen LogP) is 2.65. The zero-order valence-electron chi connectivity index (χ0n) is 8.18. The van der Waals surface area contributed by atoms with Crippen LogP contribution in [0.4, 0.5) is 0 Å². The molecule has 0 spiro atoms. The molecule has 68 valence electrons. The summed E-state index contributed by atoms with van der Waals surface area (Å²) in [4.78, 5) is 0. The summed E-state index contributed by atoms with van der Waals surface area (Å²) in [5.74, 6) is 1.06. The first kappa shape index (κ1) is 11.3. The van der Waals surface area contributed by atoms with Crippen LogP contribution in [0.2, 0.25) is 0 Å². The number of rotatable bonds is 5. The number of nitrogens with two attached hydrogens (primary N) is 1. The maximum atomic E-state index is 5.86. The minimum absolute atomic E-state index is 0.00727. The standard InChI is InChI=1S/C9H21NS/c1-5-6-8(2)11-7-9(3,4)10/h8H,5-7,10H2,1-4H3. The Balaban J connectivity index is 3.38. The van der Waals surface area contributed by atoms with Gasteiger partial charge in [0.15, 0.2) is 0 Å². The lowest BCUT2D eigenvalue weighted by molar-refractivity contribution is 0.589. The Morgan fingerprint density at radius 1 is 1.45 bits per heavy atom. The zero-order chi connectivity index (χ0) is 8.91. The summed E-state index contributed by atoms with van der Waals surface area (Å²) < 4.78 is 0. The van der Waals surface area contributed by atoms with E-state index < -0.39 is 0 Å². The van der Waals surface area contributed by atoms with Crippen LogP contribution in [0.25, 0.3) is 0 Å². The molecule has 0 bridgehead atoms. The van der Waals surface area contributed by atoms with Gasteiger partial charge in [-0.2, -0.15) is 11.8 Å². The molecule has 0 aromatic rings. The molecule has 0 amide bonds. The van der Waals surface area contributed by atoms with Crippen LogP contribution < -0.4 is 5.73 Å². The van der Waals surface area contributed by atoms with E-state index in [9.17, 15) is 0 Å². The summed E-state index contributed by atoms with van der Waals surface area (Å²) in [6, 6.07) is 0. The van der Waals surface area contributed by atoms with Crippen molar-refractivity contribution in [1.29, 1.82) is 0 Å². The molecule has 1 atom stereocenters. The normalized spacial score (nSPS) is 15.0. The quantitative estimate of drug-likeness (QED) is 0.695. The molecule has 0 aliphatic rings. The van der Waals surface area contributed by atoms with Gasteiger partial charge in [0.05, 0.1) is 0 Å². The van der Waals surface area contributed by atoms with Gasteiger partial charge < -0.3 is 5.73 Å². The van der Waals surface area contributed by atoms with Crippen molar-refractivity contribution in [3.8, 4) is 0 Å². The highest BCUT2D eigenvalue weighted by atomic mass is 32.2. The monoisotopic (exact) mass is 175 g/mol. The van der Waals surface area contributed by atoms with Crippen LogP contribution >= 0.6 is 11.8 Å². The van der Waals surface area contributed by atoms with Gasteiger partial charge in [-0.3, -0.25) is 0 Å². The van der Waals surface area contributed by atoms with Crippen LogP contribution in [0.3, 0.4) is 0 Å². The zero-order valence-corrected chi connectivity index (χ0v) is 9.00. The molecule has 11 heavy (non-hydrogen) atoms. The maximum Gasteiger partial charge on any atom is 0.0188 e. The topological polar surface area (TPSA) is 26.0 Å². The molecule has 1 unspecified atom stereocenters. The smallest absolute Gasteiger partial charge is 0.0188 e. The third-order valence-electron chi connectivity index (χ3n) is 1.44. The molecule has 2 N–H and O–H groups in total. The fraction of sp³-hybridized carbons (Fsp3) is 1.00. The minimum Gasteiger partial charge on any atom is -0.325 e. The summed E-state index contributed by atoms with van der Waals surface area (Å²) in [6.07, 6.45) is 2.58. The molecule has 0 rings (SSSR count). The molecular formula is C9H21NS. The summed E-state index contributed by atoms with van der Waals surface area (Å²) in [5, 5.41) is 0.767. The first-order chi connectivity index (χ1) is 4.95. The lowest BCUT2D eigenvalue weighted by atomic mass is 10.1. The van der Waals surface area contributed by atoms with E-state index in [-0.39, 0.29) is 5.54 Å². The fourth-order valence-electron chi connectivity index (χ4n) is 0.847. The highest BCUT2D eigenvalue weighted by Gasteiger charge is 2.12. The highest BCUT2D eigenvalue weighted by Crippen LogP contribution is 2.19. The Kier molecular flexibility index (Phi) is 5.19. The van der Waals surface area contributed by atoms with E-state index in [4.69, 9.17) is 5.73 Å². The van der Waals surface area contributed by atoms with Crippen molar-refractivity contribution >= 4 is 11.8 Å². The maximum absolute atomic E-state index is 5.86. The molecule has 0 radical (unpaired) electrons. The molecular weight excluding hydrogens is 154 g/mol. The first-order valence-corrected chi connectivity index (χ1v) is 5.41. The van der Waals surface area contributed by atoms with Crippen LogP contribution in [0.5, 0.6) is 0 Å². The number of hydrogen-bond acceptors (Lipinski definition) is 2. The van der Waals surface area contributed by atoms with Crippen LogP contribution in [0, 0.1) is 0 Å². The number of hydrogen-bond donors (Lipinski definition) is 1. The summed E-state index contributed by atoms with van der Waals surface area (Å²) in [7, 11) is 0. The largest absolute Gasteiger partial charge is 0.325 e. The summed E-state index contributed by atoms with van der Waals surface area (Å²) in [6.45, 7) is 8.67. The molecule has 0 aromatic carbocycles. The van der Waals surface area contributed by atoms with Crippen molar-refractivity contribution in [3.63, 3.8) is 0 Å². The molecule has 0 fully saturated rings. The van der Waals surface area contributed by atoms with Gasteiger partial charge in [-0.15, -0.1) is 0 Å². The van der Waals surface area contributed by atoms with Gasteiger partial charge in [0.2, 0.25) is 0 Å². The first-order valence-electron chi connectivity index (χ1n) is 4.36. The average Bonchev–Trinajstić information content (AvgIpc) is 1.83. The molecule has 0 aliphatic carbocycles. The van der Waals surface area contributed by atoms with Crippen molar-refractivity contribution in [1.82, 2.24) is 0 Å². The van der Waals surface area contributed by atoms with Gasteiger partial charge in [0, 0.05) is 16.5 Å². The molecule has 0 aromatic heterocycles. The van der Waals surface area contributed by atoms with E-state index in [1.807, 2.05) is 11.8 Å². The molecule has 0 heterocycles. The lowest BCUT2D eigenvalue weighted by Crippen LogP contribution is -2.35. The van der Waals surface area contributed by atoms with Crippen molar-refractivity contribution in [3.05, 3.63) is 0 Å². The van der Waals surface area contributed by atoms with Gasteiger partial charge in [0.1, 0.15) is 0 Å². The third kappa shape index (κ3) is 8.21. The third-order valence-corrected chi connectivity index (χ3v) is 3.15. The Hall–Kier alpha value is 0.310. The van der Waals surface area contributed by atoms with Crippen molar-refractivity contribution in [2.75, 3.05) is 5.75 Å². The fourth-order valence-corrected chi connectivity index (χ4v) is 1.96. The molecule has 0 saturated heterocycles. The van der Waals surface area contributed by atoms with Gasteiger partial charge in [-0.25, -0.2) is 0 Å². The molecule has 1 nitrogen and oxygen atoms in total. The molecule has 0 aliphatic heterocycles. The Morgan fingerprint density at radius 2 is 2.00 bits per heavy atom. The predicted molar refractivity (Wildman–Crippen MR) is 55.1 cm³/mol. The molecule has 2 heteroatoms. The number of thioether (sulfide) groups is 1. The Morgan fingerprint density at radius 3 is 2.36 bits per heavy atom. The van der Waals surface area contributed by atoms with Gasteiger partial charge >= 0.3 is 0 Å². The van der Waals surface area contributed by atoms with Crippen LogP contribution in [0.1, 0.15) is 40.5 Å². The van der Waals surface area contributed by atoms with E-state index in [2.05, 4.69) is 27.7 Å². The highest BCUT2D eigenvalue weighted by molar-refractivity contribution is 7.99. The van der Waals surface area contributed by atoms with Gasteiger partial charge in [-0.05, 0) is 20.3 Å². The minimum atomic E-state index is -0.00727. The van der Waals surface area contributed by atoms with Crippen LogP contribution in [-0.2, 0) is 0 Å². The second-order valence-electron chi connectivity index (χ2n) is 3.90. The van der Waals surface area contributed by atoms with Crippen molar-refractivity contribution < 1.29 is 0 Å². The SMILES string of the molecule is CCCC(C)SCC(C)(C)N. The van der Waals surface area contributed by atoms with Crippen molar-refractivity contribution in [2.24, 2.45) is 5.73 Å². The van der Waals surface area contributed by atoms with E-state index >= 15 is 0 Å². The molecule has 0 saturated carbocycles. The van der Waals surface area contributed by atoms with E-state index in [0.717, 1.165) is 11.0 Å². The van der Waals surface area contributed by atoms with E-state index in [1.54, 1.807) is 0 Å². The van der Waals surface area contributed by atoms with Crippen LogP contribution in [-0.4, -0.2) is 16.5 Å². The van der Waals surface area contributed by atoms with Gasteiger partial charge in [-0.1, -0.05) is 20.3 Å². The summed E-state index contributed by atoms with van der Waals surface area (Å²) >= 11 is 1.98. The second-order valence-corrected chi connectivity index (χ2v) is 5.33. The van der Waals surface area contributed by atoms with E-state index in [1.165, 1.54) is 12.8 Å². The second kappa shape index (κ2) is 5.04. The van der Waals surface area contributed by atoms with Crippen molar-refractivity contribution in [2.45, 2.75) is 51.3 Å². The Labute approximate surface area is 75.1 Å². The van der Waals surface area contributed by atoms with E-state index in [0.29, 0.717) is 0 Å². The lowest BCUT2D eigenvalue weighted by Gasteiger charge is -2.20.